The maximum atomic E-state index is 10.9. The summed E-state index contributed by atoms with van der Waals surface area (Å²) < 4.78 is 0.705. The molecule has 10 heteroatoms. The van der Waals surface area contributed by atoms with E-state index in [9.17, 15) is 4.79 Å². The van der Waals surface area contributed by atoms with Gasteiger partial charge in [0.2, 0.25) is 17.8 Å². The minimum absolute atomic E-state index is 0.0108. The van der Waals surface area contributed by atoms with Crippen LogP contribution in [0, 0.1) is 0 Å². The molecule has 0 fully saturated rings. The Balaban J connectivity index is 3.11. The van der Waals surface area contributed by atoms with Gasteiger partial charge in [-0.3, -0.25) is 14.5 Å². The first-order chi connectivity index (χ1) is 7.08. The third-order valence-electron chi connectivity index (χ3n) is 1.24. The van der Waals surface area contributed by atoms with E-state index in [1.54, 1.807) is 0 Å². The van der Waals surface area contributed by atoms with E-state index >= 15 is 0 Å². The van der Waals surface area contributed by atoms with Crippen LogP contribution in [0.3, 0.4) is 0 Å². The first-order valence-electron chi connectivity index (χ1n) is 3.54. The molecule has 0 bridgehead atoms. The smallest absolute Gasteiger partial charge is 0.254 e. The second-order valence-corrected chi connectivity index (χ2v) is 2.99. The molecule has 0 atom stereocenters. The van der Waals surface area contributed by atoms with E-state index in [1.807, 2.05) is 0 Å². The third kappa shape index (κ3) is 2.95. The third-order valence-corrected chi connectivity index (χ3v) is 1.97. The summed E-state index contributed by atoms with van der Waals surface area (Å²) in [5, 5.41) is 0. The zero-order valence-corrected chi connectivity index (χ0v) is 9.60. The van der Waals surface area contributed by atoms with Crippen molar-refractivity contribution in [2.24, 2.45) is 0 Å². The first-order valence-corrected chi connectivity index (χ1v) is 4.63. The number of nitrogens with one attached hydrogen (secondary N) is 2. The van der Waals surface area contributed by atoms with Gasteiger partial charge >= 0.3 is 0 Å². The van der Waals surface area contributed by atoms with Gasteiger partial charge in [-0.1, -0.05) is 0 Å². The van der Waals surface area contributed by atoms with Gasteiger partial charge in [0.15, 0.2) is 0 Å². The molecule has 1 aromatic rings. The predicted octanol–water partition coefficient (Wildman–Crippen LogP) is 1.51. The second kappa shape index (κ2) is 5.15. The van der Waals surface area contributed by atoms with Crippen molar-refractivity contribution < 1.29 is 4.79 Å². The fourth-order valence-electron chi connectivity index (χ4n) is 0.678. The Labute approximate surface area is 100 Å². The number of hydrogen-bond acceptors (Lipinski definition) is 6. The molecule has 2 N–H and O–H groups in total. The molecule has 7 nitrogen and oxygen atoms in total. The van der Waals surface area contributed by atoms with E-state index in [1.165, 1.54) is 6.92 Å². The molecule has 0 aliphatic carbocycles. The second-order valence-electron chi connectivity index (χ2n) is 2.27. The maximum absolute atomic E-state index is 10.9. The van der Waals surface area contributed by atoms with Crippen molar-refractivity contribution >= 4 is 59.1 Å². The topological polar surface area (TPSA) is 83.0 Å². The molecule has 0 aliphatic rings. The predicted molar refractivity (Wildman–Crippen MR) is 57.8 cm³/mol. The zero-order chi connectivity index (χ0) is 11.4. The number of halogens is 3. The maximum Gasteiger partial charge on any atom is 0.254 e. The molecule has 1 amide bonds. The number of amides is 1. The number of nitrogens with zero attached hydrogens (tertiary/aromatic N) is 4. The van der Waals surface area contributed by atoms with Gasteiger partial charge in [0.25, 0.3) is 5.95 Å². The van der Waals surface area contributed by atoms with Gasteiger partial charge in [-0.05, 0) is 0 Å². The lowest BCUT2D eigenvalue weighted by atomic mass is 10.7. The molecular formula is C5H5Cl3N6O. The summed E-state index contributed by atoms with van der Waals surface area (Å²) in [5.74, 6) is -0.525. The highest BCUT2D eigenvalue weighted by Crippen LogP contribution is 2.16. The van der Waals surface area contributed by atoms with Crippen molar-refractivity contribution in [2.75, 3.05) is 14.1 Å². The van der Waals surface area contributed by atoms with Crippen LogP contribution >= 0.6 is 35.3 Å². The van der Waals surface area contributed by atoms with E-state index in [2.05, 4.69) is 24.6 Å². The Morgan fingerprint density at radius 2 is 1.67 bits per heavy atom. The van der Waals surface area contributed by atoms with Crippen LogP contribution in [0.15, 0.2) is 0 Å². The average Bonchev–Trinajstić information content (AvgIpc) is 2.27. The van der Waals surface area contributed by atoms with Gasteiger partial charge in [0.1, 0.15) is 0 Å². The monoisotopic (exact) mass is 270 g/mol. The number of anilines is 3. The SMILES string of the molecule is CC(=O)N(Cl)c1nc(NCl)nc(NCl)n1. The number of carbonyl (C=O) groups is 1. The van der Waals surface area contributed by atoms with Gasteiger partial charge in [0.05, 0.1) is 0 Å². The summed E-state index contributed by atoms with van der Waals surface area (Å²) in [4.78, 5) is 26.4. The van der Waals surface area contributed by atoms with Gasteiger partial charge in [-0.2, -0.15) is 19.4 Å². The molecule has 0 unspecified atom stereocenters. The van der Waals surface area contributed by atoms with E-state index < -0.39 is 5.91 Å². The fourth-order valence-corrected chi connectivity index (χ4v) is 0.923. The summed E-state index contributed by atoms with van der Waals surface area (Å²) in [6, 6.07) is 0. The summed E-state index contributed by atoms with van der Waals surface area (Å²) in [6.45, 7) is 1.25. The van der Waals surface area contributed by atoms with E-state index in [-0.39, 0.29) is 17.8 Å². The van der Waals surface area contributed by atoms with Crippen molar-refractivity contribution in [1.29, 1.82) is 0 Å². The van der Waals surface area contributed by atoms with Crippen LogP contribution < -0.4 is 14.1 Å². The Morgan fingerprint density at radius 1 is 1.20 bits per heavy atom. The lowest BCUT2D eigenvalue weighted by Gasteiger charge is -2.10. The summed E-state index contributed by atoms with van der Waals surface area (Å²) in [5.41, 5.74) is 0. The fraction of sp³-hybridized carbons (Fsp3) is 0.200. The van der Waals surface area contributed by atoms with E-state index in [0.29, 0.717) is 4.42 Å². The van der Waals surface area contributed by atoms with E-state index in [0.717, 1.165) is 0 Å². The molecule has 15 heavy (non-hydrogen) atoms. The Kier molecular flexibility index (Phi) is 4.13. The van der Waals surface area contributed by atoms with E-state index in [4.69, 9.17) is 35.3 Å². The zero-order valence-electron chi connectivity index (χ0n) is 7.33. The minimum atomic E-state index is -0.455. The van der Waals surface area contributed by atoms with Gasteiger partial charge in [-0.25, -0.2) is 0 Å². The molecule has 1 heterocycles. The highest BCUT2D eigenvalue weighted by Gasteiger charge is 2.14. The molecule has 0 aliphatic heterocycles. The molecule has 0 radical (unpaired) electrons. The standard InChI is InChI=1S/C5H5Cl3N6O/c1-2(15)14(8)5-10-3(12-6)9-4(11-5)13-7/h1H3,(H2,9,10,11,12,13). The molecule has 82 valence electrons. The Hall–Kier alpha value is -1.05. The lowest BCUT2D eigenvalue weighted by Crippen LogP contribution is -2.20. The van der Waals surface area contributed by atoms with Crippen LogP contribution in [-0.4, -0.2) is 20.9 Å². The van der Waals surface area contributed by atoms with Crippen molar-refractivity contribution in [3.05, 3.63) is 0 Å². The van der Waals surface area contributed by atoms with Crippen LogP contribution in [0.1, 0.15) is 6.92 Å². The van der Waals surface area contributed by atoms with Crippen LogP contribution in [0.25, 0.3) is 0 Å². The molecule has 1 rings (SSSR count). The lowest BCUT2D eigenvalue weighted by molar-refractivity contribution is -0.115. The molecule has 0 aromatic carbocycles. The number of rotatable bonds is 3. The van der Waals surface area contributed by atoms with Crippen molar-refractivity contribution in [3.8, 4) is 0 Å². The summed E-state index contributed by atoms with van der Waals surface area (Å²) in [6.07, 6.45) is 0. The van der Waals surface area contributed by atoms with Crippen LogP contribution in [0.2, 0.25) is 0 Å². The van der Waals surface area contributed by atoms with Crippen LogP contribution in [0.5, 0.6) is 0 Å². The van der Waals surface area contributed by atoms with Crippen molar-refractivity contribution in [3.63, 3.8) is 0 Å². The van der Waals surface area contributed by atoms with Crippen molar-refractivity contribution in [2.45, 2.75) is 6.92 Å². The number of aromatic nitrogens is 3. The molecule has 0 saturated carbocycles. The largest absolute Gasteiger partial charge is 0.273 e. The van der Waals surface area contributed by atoms with Gasteiger partial charge in [0, 0.05) is 42.3 Å². The van der Waals surface area contributed by atoms with Gasteiger partial charge in [-0.15, -0.1) is 0 Å². The Morgan fingerprint density at radius 3 is 2.00 bits per heavy atom. The van der Waals surface area contributed by atoms with Crippen molar-refractivity contribution in [1.82, 2.24) is 15.0 Å². The summed E-state index contributed by atoms with van der Waals surface area (Å²) >= 11 is 16.2. The molecule has 0 spiro atoms. The molecule has 0 saturated heterocycles. The van der Waals surface area contributed by atoms with Crippen LogP contribution in [-0.2, 0) is 4.79 Å². The number of carbonyl (C=O) groups excluding carboxylic acids is 1. The highest BCUT2D eigenvalue weighted by molar-refractivity contribution is 6.35. The summed E-state index contributed by atoms with van der Waals surface area (Å²) in [7, 11) is 0. The highest BCUT2D eigenvalue weighted by atomic mass is 35.5. The minimum Gasteiger partial charge on any atom is -0.273 e. The van der Waals surface area contributed by atoms with Gasteiger partial charge < -0.3 is 0 Å². The average molecular weight is 271 g/mol. The quantitative estimate of drug-likeness (QED) is 0.811. The first kappa shape index (κ1) is 12.0. The normalized spacial score (nSPS) is 9.60. The number of hydrogen-bond donors (Lipinski definition) is 2. The van der Waals surface area contributed by atoms with Crippen LogP contribution in [0.4, 0.5) is 17.8 Å². The molecule has 1 aromatic heterocycles. The molecular weight excluding hydrogens is 266 g/mol. The Bertz CT molecular complexity index is 352.